The van der Waals surface area contributed by atoms with Gasteiger partial charge in [-0.15, -0.1) is 0 Å². The lowest BCUT2D eigenvalue weighted by Gasteiger charge is -2.09. The summed E-state index contributed by atoms with van der Waals surface area (Å²) >= 11 is 0. The largest absolute Gasteiger partial charge is 0.495 e. The van der Waals surface area contributed by atoms with Crippen molar-refractivity contribution in [1.82, 2.24) is 4.72 Å². The Bertz CT molecular complexity index is 501. The Balaban J connectivity index is 2.64. The summed E-state index contributed by atoms with van der Waals surface area (Å²) in [5.74, 6) is 0.474. The van der Waals surface area contributed by atoms with Gasteiger partial charge in [-0.25, -0.2) is 13.1 Å². The third-order valence-corrected chi connectivity index (χ3v) is 4.29. The lowest BCUT2D eigenvalue weighted by Crippen LogP contribution is -2.24. The van der Waals surface area contributed by atoms with E-state index in [9.17, 15) is 8.42 Å². The molecule has 0 aliphatic heterocycles. The first-order valence-corrected chi connectivity index (χ1v) is 7.92. The van der Waals surface area contributed by atoms with Gasteiger partial charge >= 0.3 is 0 Å². The Morgan fingerprint density at radius 1 is 1.26 bits per heavy atom. The van der Waals surface area contributed by atoms with Crippen LogP contribution in [0.15, 0.2) is 23.1 Å². The van der Waals surface area contributed by atoms with E-state index in [2.05, 4.69) is 11.6 Å². The Kier molecular flexibility index (Phi) is 6.11. The van der Waals surface area contributed by atoms with Crippen molar-refractivity contribution in [1.29, 1.82) is 0 Å². The molecule has 0 aliphatic carbocycles. The zero-order valence-electron chi connectivity index (χ0n) is 11.5. The van der Waals surface area contributed by atoms with Crippen LogP contribution in [-0.4, -0.2) is 22.1 Å². The fourth-order valence-electron chi connectivity index (χ4n) is 1.72. The molecule has 0 bridgehead atoms. The maximum Gasteiger partial charge on any atom is 0.240 e. The molecule has 1 aromatic rings. The topological polar surface area (TPSA) is 81.4 Å². The number of hydrogen-bond donors (Lipinski definition) is 2. The highest BCUT2D eigenvalue weighted by Gasteiger charge is 2.14. The molecule has 1 rings (SSSR count). The first-order chi connectivity index (χ1) is 9.01. The number of hydrogen-bond acceptors (Lipinski definition) is 4. The molecule has 1 aromatic carbocycles. The second-order valence-electron chi connectivity index (χ2n) is 4.36. The number of anilines is 1. The average molecular weight is 286 g/mol. The minimum Gasteiger partial charge on any atom is -0.495 e. The molecule has 0 atom stereocenters. The van der Waals surface area contributed by atoms with Crippen LogP contribution < -0.4 is 15.2 Å². The summed E-state index contributed by atoms with van der Waals surface area (Å²) in [6.07, 6.45) is 4.13. The molecule has 0 amide bonds. The van der Waals surface area contributed by atoms with E-state index >= 15 is 0 Å². The zero-order chi connectivity index (χ0) is 14.3. The number of unbranched alkanes of at least 4 members (excludes halogenated alkanes) is 3. The maximum atomic E-state index is 12.0. The van der Waals surface area contributed by atoms with E-state index < -0.39 is 10.0 Å². The van der Waals surface area contributed by atoms with Crippen LogP contribution in [0.5, 0.6) is 5.75 Å². The highest BCUT2D eigenvalue weighted by atomic mass is 32.2. The van der Waals surface area contributed by atoms with Crippen molar-refractivity contribution in [2.45, 2.75) is 37.5 Å². The molecule has 5 nitrogen and oxygen atoms in total. The lowest BCUT2D eigenvalue weighted by atomic mass is 10.2. The third-order valence-electron chi connectivity index (χ3n) is 2.83. The van der Waals surface area contributed by atoms with Gasteiger partial charge in [-0.3, -0.25) is 0 Å². The van der Waals surface area contributed by atoms with Gasteiger partial charge in [-0.2, -0.15) is 0 Å². The molecule has 0 heterocycles. The minimum atomic E-state index is -3.48. The highest BCUT2D eigenvalue weighted by molar-refractivity contribution is 7.89. The average Bonchev–Trinajstić information content (AvgIpc) is 2.38. The molecule has 0 spiro atoms. The van der Waals surface area contributed by atoms with Gasteiger partial charge in [-0.1, -0.05) is 26.2 Å². The van der Waals surface area contributed by atoms with Crippen LogP contribution in [0.3, 0.4) is 0 Å². The van der Waals surface area contributed by atoms with Crippen LogP contribution >= 0.6 is 0 Å². The first-order valence-electron chi connectivity index (χ1n) is 6.44. The molecular formula is C13H22N2O3S. The van der Waals surface area contributed by atoms with Crippen LogP contribution in [0.4, 0.5) is 5.69 Å². The summed E-state index contributed by atoms with van der Waals surface area (Å²) in [5.41, 5.74) is 6.02. The van der Waals surface area contributed by atoms with Gasteiger partial charge in [0, 0.05) is 6.54 Å². The molecule has 19 heavy (non-hydrogen) atoms. The molecule has 0 aromatic heterocycles. The normalized spacial score (nSPS) is 11.5. The Morgan fingerprint density at radius 3 is 2.58 bits per heavy atom. The number of benzene rings is 1. The van der Waals surface area contributed by atoms with Crippen LogP contribution in [0, 0.1) is 0 Å². The molecule has 0 aliphatic rings. The summed E-state index contributed by atoms with van der Waals surface area (Å²) in [5, 5.41) is 0. The molecule has 0 unspecified atom stereocenters. The van der Waals surface area contributed by atoms with Crippen LogP contribution in [0.2, 0.25) is 0 Å². The second-order valence-corrected chi connectivity index (χ2v) is 6.13. The van der Waals surface area contributed by atoms with E-state index in [0.717, 1.165) is 25.7 Å². The number of rotatable bonds is 8. The Labute approximate surface area is 115 Å². The van der Waals surface area contributed by atoms with Crippen molar-refractivity contribution in [2.75, 3.05) is 19.4 Å². The summed E-state index contributed by atoms with van der Waals surface area (Å²) in [6.45, 7) is 2.57. The van der Waals surface area contributed by atoms with Crippen molar-refractivity contribution in [3.8, 4) is 5.75 Å². The smallest absolute Gasteiger partial charge is 0.240 e. The van der Waals surface area contributed by atoms with E-state index in [0.29, 0.717) is 18.0 Å². The molecule has 0 radical (unpaired) electrons. The van der Waals surface area contributed by atoms with Gasteiger partial charge in [0.25, 0.3) is 0 Å². The molecular weight excluding hydrogens is 264 g/mol. The van der Waals surface area contributed by atoms with Crippen molar-refractivity contribution < 1.29 is 13.2 Å². The first kappa shape index (κ1) is 15.8. The fourth-order valence-corrected chi connectivity index (χ4v) is 2.83. The fraction of sp³-hybridized carbons (Fsp3) is 0.538. The van der Waals surface area contributed by atoms with Crippen LogP contribution in [-0.2, 0) is 10.0 Å². The summed E-state index contributed by atoms with van der Waals surface area (Å²) in [6, 6.07) is 4.46. The predicted octanol–water partition coefficient (Wildman–Crippen LogP) is 2.14. The zero-order valence-corrected chi connectivity index (χ0v) is 12.3. The van der Waals surface area contributed by atoms with Gasteiger partial charge in [0.05, 0.1) is 17.7 Å². The molecule has 3 N–H and O–H groups in total. The number of nitrogens with one attached hydrogen (secondary N) is 1. The molecule has 0 saturated carbocycles. The van der Waals surface area contributed by atoms with Crippen molar-refractivity contribution in [3.05, 3.63) is 18.2 Å². The maximum absolute atomic E-state index is 12.0. The van der Waals surface area contributed by atoms with E-state index in [-0.39, 0.29) is 4.90 Å². The Morgan fingerprint density at radius 2 is 2.00 bits per heavy atom. The summed E-state index contributed by atoms with van der Waals surface area (Å²) in [4.78, 5) is 0.168. The van der Waals surface area contributed by atoms with Crippen LogP contribution in [0.1, 0.15) is 32.6 Å². The molecule has 0 fully saturated rings. The minimum absolute atomic E-state index is 0.168. The summed E-state index contributed by atoms with van der Waals surface area (Å²) in [7, 11) is -1.99. The summed E-state index contributed by atoms with van der Waals surface area (Å²) < 4.78 is 31.6. The molecule has 6 heteroatoms. The number of nitrogens with two attached hydrogens (primary N) is 1. The third kappa shape index (κ3) is 4.72. The second kappa shape index (κ2) is 7.35. The van der Waals surface area contributed by atoms with Gasteiger partial charge in [-0.05, 0) is 24.6 Å². The number of sulfonamides is 1. The molecule has 108 valence electrons. The predicted molar refractivity (Wildman–Crippen MR) is 76.7 cm³/mol. The van der Waals surface area contributed by atoms with Gasteiger partial charge < -0.3 is 10.5 Å². The standard InChI is InChI=1S/C13H22N2O3S/c1-3-4-5-6-9-15-19(16,17)11-7-8-13(18-2)12(14)10-11/h7-8,10,15H,3-6,9,14H2,1-2H3. The number of nitrogen functional groups attached to an aromatic ring is 1. The van der Waals surface area contributed by atoms with Crippen molar-refractivity contribution in [2.24, 2.45) is 0 Å². The monoisotopic (exact) mass is 286 g/mol. The highest BCUT2D eigenvalue weighted by Crippen LogP contribution is 2.24. The number of ether oxygens (including phenoxy) is 1. The van der Waals surface area contributed by atoms with Gasteiger partial charge in [0.2, 0.25) is 10.0 Å². The van der Waals surface area contributed by atoms with Crippen LogP contribution in [0.25, 0.3) is 0 Å². The SMILES string of the molecule is CCCCCCNS(=O)(=O)c1ccc(OC)c(N)c1. The van der Waals surface area contributed by atoms with Crippen molar-refractivity contribution in [3.63, 3.8) is 0 Å². The van der Waals surface area contributed by atoms with E-state index in [1.54, 1.807) is 6.07 Å². The lowest BCUT2D eigenvalue weighted by molar-refractivity contribution is 0.416. The quantitative estimate of drug-likeness (QED) is 0.566. The van der Waals surface area contributed by atoms with Crippen molar-refractivity contribution >= 4 is 15.7 Å². The van der Waals surface area contributed by atoms with E-state index in [1.807, 2.05) is 0 Å². The number of methoxy groups -OCH3 is 1. The van der Waals surface area contributed by atoms with Gasteiger partial charge in [0.1, 0.15) is 5.75 Å². The van der Waals surface area contributed by atoms with E-state index in [1.165, 1.54) is 19.2 Å². The van der Waals surface area contributed by atoms with Gasteiger partial charge in [0.15, 0.2) is 0 Å². The Hall–Kier alpha value is -1.27. The molecule has 0 saturated heterocycles. The van der Waals surface area contributed by atoms with E-state index in [4.69, 9.17) is 10.5 Å².